The van der Waals surface area contributed by atoms with Crippen molar-refractivity contribution in [2.75, 3.05) is 11.3 Å². The second-order valence-electron chi connectivity index (χ2n) is 7.24. The van der Waals surface area contributed by atoms with E-state index in [1.54, 1.807) is 23.6 Å². The molecule has 1 amide bonds. The fraction of sp³-hybridized carbons (Fsp3) is 0.190. The molecule has 1 aromatic heterocycles. The number of carbonyl (C=O) groups is 1. The largest absolute Gasteiger partial charge is 0.507 e. The number of thiophene rings is 1. The molecule has 9 heteroatoms. The predicted octanol–water partition coefficient (Wildman–Crippen LogP) is 3.86. The molecule has 3 N–H and O–H groups in total. The van der Waals surface area contributed by atoms with Crippen molar-refractivity contribution in [3.8, 4) is 5.75 Å². The predicted molar refractivity (Wildman–Crippen MR) is 113 cm³/mol. The van der Waals surface area contributed by atoms with Crippen LogP contribution in [-0.4, -0.2) is 26.0 Å². The molecule has 0 bridgehead atoms. The van der Waals surface area contributed by atoms with Gasteiger partial charge in [-0.2, -0.15) is 0 Å². The summed E-state index contributed by atoms with van der Waals surface area (Å²) in [7, 11) is -3.74. The van der Waals surface area contributed by atoms with Crippen LogP contribution in [0.5, 0.6) is 5.75 Å². The van der Waals surface area contributed by atoms with Gasteiger partial charge in [0.15, 0.2) is 0 Å². The van der Waals surface area contributed by atoms with Crippen LogP contribution < -0.4 is 10.0 Å². The number of hydrogen-bond donors (Lipinski definition) is 3. The minimum atomic E-state index is -3.74. The summed E-state index contributed by atoms with van der Waals surface area (Å²) in [5.74, 6) is -1.10. The van der Waals surface area contributed by atoms with Crippen LogP contribution in [0.3, 0.4) is 0 Å². The van der Waals surface area contributed by atoms with Gasteiger partial charge in [0.2, 0.25) is 0 Å². The van der Waals surface area contributed by atoms with Crippen molar-refractivity contribution in [1.82, 2.24) is 5.32 Å². The molecular formula is C21H19FN2O4S2. The van der Waals surface area contributed by atoms with Crippen LogP contribution in [0.15, 0.2) is 64.2 Å². The number of carbonyl (C=O) groups excluding carboxylic acids is 1. The molecule has 6 nitrogen and oxygen atoms in total. The SMILES string of the molecule is O=C(NCC1(c2ccc(F)cc2)CC1)c1ccc(NS(=O)(=O)c2cccs2)cc1O. The summed E-state index contributed by atoms with van der Waals surface area (Å²) in [4.78, 5) is 12.5. The van der Waals surface area contributed by atoms with Crippen LogP contribution in [0.1, 0.15) is 28.8 Å². The van der Waals surface area contributed by atoms with Gasteiger partial charge in [-0.1, -0.05) is 18.2 Å². The van der Waals surface area contributed by atoms with E-state index in [1.165, 1.54) is 36.4 Å². The molecule has 156 valence electrons. The number of hydrogen-bond acceptors (Lipinski definition) is 5. The van der Waals surface area contributed by atoms with Crippen molar-refractivity contribution < 1.29 is 22.7 Å². The van der Waals surface area contributed by atoms with Crippen LogP contribution >= 0.6 is 11.3 Å². The second-order valence-corrected chi connectivity index (χ2v) is 10.1. The molecule has 0 unspecified atom stereocenters. The molecule has 0 spiro atoms. The summed E-state index contributed by atoms with van der Waals surface area (Å²) in [5.41, 5.74) is 0.952. The Morgan fingerprint density at radius 1 is 1.13 bits per heavy atom. The van der Waals surface area contributed by atoms with Gasteiger partial charge < -0.3 is 10.4 Å². The lowest BCUT2D eigenvalue weighted by molar-refractivity contribution is 0.0947. The van der Waals surface area contributed by atoms with Gasteiger partial charge in [0.05, 0.1) is 11.3 Å². The number of amides is 1. The van der Waals surface area contributed by atoms with Gasteiger partial charge in [0.25, 0.3) is 15.9 Å². The van der Waals surface area contributed by atoms with Gasteiger partial charge in [-0.25, -0.2) is 12.8 Å². The maximum atomic E-state index is 13.2. The summed E-state index contributed by atoms with van der Waals surface area (Å²) >= 11 is 1.08. The number of phenols is 1. The highest BCUT2D eigenvalue weighted by Crippen LogP contribution is 2.47. The molecule has 0 atom stereocenters. The van der Waals surface area contributed by atoms with Crippen molar-refractivity contribution in [2.24, 2.45) is 0 Å². The third kappa shape index (κ3) is 4.17. The van der Waals surface area contributed by atoms with Gasteiger partial charge in [-0.15, -0.1) is 11.3 Å². The molecule has 0 saturated heterocycles. The topological polar surface area (TPSA) is 95.5 Å². The van der Waals surface area contributed by atoms with Crippen LogP contribution in [0.4, 0.5) is 10.1 Å². The van der Waals surface area contributed by atoms with Crippen molar-refractivity contribution in [3.05, 3.63) is 76.9 Å². The molecule has 1 aliphatic rings. The van der Waals surface area contributed by atoms with E-state index in [0.29, 0.717) is 6.54 Å². The third-order valence-electron chi connectivity index (χ3n) is 5.15. The lowest BCUT2D eigenvalue weighted by Gasteiger charge is -2.17. The molecule has 2 aromatic carbocycles. The first-order valence-electron chi connectivity index (χ1n) is 9.23. The van der Waals surface area contributed by atoms with Crippen molar-refractivity contribution in [3.63, 3.8) is 0 Å². The third-order valence-corrected chi connectivity index (χ3v) is 7.93. The zero-order chi connectivity index (χ0) is 21.4. The van der Waals surface area contributed by atoms with E-state index >= 15 is 0 Å². The smallest absolute Gasteiger partial charge is 0.271 e. The Balaban J connectivity index is 1.43. The number of sulfonamides is 1. The van der Waals surface area contributed by atoms with E-state index in [1.807, 2.05) is 0 Å². The van der Waals surface area contributed by atoms with Gasteiger partial charge in [-0.3, -0.25) is 9.52 Å². The molecule has 3 aromatic rings. The Hall–Kier alpha value is -2.91. The minimum Gasteiger partial charge on any atom is -0.507 e. The second kappa shape index (κ2) is 7.73. The number of anilines is 1. The Bertz CT molecular complexity index is 1170. The highest BCUT2D eigenvalue weighted by molar-refractivity contribution is 7.94. The molecule has 1 aliphatic carbocycles. The van der Waals surface area contributed by atoms with E-state index < -0.39 is 15.9 Å². The quantitative estimate of drug-likeness (QED) is 0.514. The van der Waals surface area contributed by atoms with Crippen molar-refractivity contribution >= 4 is 33.0 Å². The molecule has 0 radical (unpaired) electrons. The van der Waals surface area contributed by atoms with E-state index in [4.69, 9.17) is 0 Å². The monoisotopic (exact) mass is 446 g/mol. The normalized spacial score (nSPS) is 14.8. The maximum Gasteiger partial charge on any atom is 0.271 e. The van der Waals surface area contributed by atoms with Crippen LogP contribution in [0, 0.1) is 5.82 Å². The molecule has 1 heterocycles. The number of aromatic hydroxyl groups is 1. The van der Waals surface area contributed by atoms with Crippen molar-refractivity contribution in [2.45, 2.75) is 22.5 Å². The lowest BCUT2D eigenvalue weighted by Crippen LogP contribution is -2.32. The average molecular weight is 447 g/mol. The van der Waals surface area contributed by atoms with Gasteiger partial charge in [0, 0.05) is 18.0 Å². The number of benzene rings is 2. The van der Waals surface area contributed by atoms with Gasteiger partial charge in [-0.05, 0) is 54.1 Å². The molecule has 1 saturated carbocycles. The average Bonchev–Trinajstić information content (AvgIpc) is 3.27. The molecular weight excluding hydrogens is 427 g/mol. The first kappa shape index (κ1) is 20.4. The summed E-state index contributed by atoms with van der Waals surface area (Å²) in [6.07, 6.45) is 1.77. The minimum absolute atomic E-state index is 0.0453. The summed E-state index contributed by atoms with van der Waals surface area (Å²) in [6.45, 7) is 0.365. The highest BCUT2D eigenvalue weighted by Gasteiger charge is 2.44. The van der Waals surface area contributed by atoms with E-state index in [2.05, 4.69) is 10.0 Å². The first-order valence-corrected chi connectivity index (χ1v) is 11.6. The van der Waals surface area contributed by atoms with Gasteiger partial charge in [0.1, 0.15) is 15.8 Å². The highest BCUT2D eigenvalue weighted by atomic mass is 32.2. The van der Waals surface area contributed by atoms with E-state index in [9.17, 15) is 22.7 Å². The molecule has 0 aliphatic heterocycles. The fourth-order valence-electron chi connectivity index (χ4n) is 3.28. The maximum absolute atomic E-state index is 13.2. The fourth-order valence-corrected chi connectivity index (χ4v) is 5.32. The van der Waals surface area contributed by atoms with Crippen molar-refractivity contribution in [1.29, 1.82) is 0 Å². The summed E-state index contributed by atoms with van der Waals surface area (Å²) < 4.78 is 40.2. The Morgan fingerprint density at radius 2 is 1.87 bits per heavy atom. The lowest BCUT2D eigenvalue weighted by atomic mass is 9.96. The van der Waals surface area contributed by atoms with Crippen LogP contribution in [0.2, 0.25) is 0 Å². The number of nitrogens with one attached hydrogen (secondary N) is 2. The zero-order valence-electron chi connectivity index (χ0n) is 15.8. The number of halogens is 1. The number of rotatable bonds is 7. The molecule has 1 fully saturated rings. The Kier molecular flexibility index (Phi) is 5.25. The molecule has 4 rings (SSSR count). The summed E-state index contributed by atoms with van der Waals surface area (Å²) in [5, 5.41) is 14.7. The summed E-state index contributed by atoms with van der Waals surface area (Å²) in [6, 6.07) is 13.3. The van der Waals surface area contributed by atoms with E-state index in [0.717, 1.165) is 29.7 Å². The van der Waals surface area contributed by atoms with Crippen LogP contribution in [0.25, 0.3) is 0 Å². The molecule has 30 heavy (non-hydrogen) atoms. The standard InChI is InChI=1S/C21H19FN2O4S2/c22-15-5-3-14(4-6-15)21(9-10-21)13-23-20(26)17-8-7-16(12-18(17)25)24-30(27,28)19-2-1-11-29-19/h1-8,11-12,24-25H,9-10,13H2,(H,23,26). The van der Waals surface area contributed by atoms with E-state index in [-0.39, 0.29) is 32.4 Å². The first-order chi connectivity index (χ1) is 14.3. The zero-order valence-corrected chi connectivity index (χ0v) is 17.4. The van der Waals surface area contributed by atoms with Crippen LogP contribution in [-0.2, 0) is 15.4 Å². The Labute approximate surface area is 177 Å². The Morgan fingerprint density at radius 3 is 2.47 bits per heavy atom. The number of phenolic OH excluding ortho intramolecular Hbond substituents is 1. The van der Waals surface area contributed by atoms with Gasteiger partial charge >= 0.3 is 0 Å².